The molecule has 1 aromatic heterocycles. The molecule has 0 radical (unpaired) electrons. The second-order valence-corrected chi connectivity index (χ2v) is 7.83. The van der Waals surface area contributed by atoms with Gasteiger partial charge in [-0.25, -0.2) is 4.98 Å². The Balaban J connectivity index is 1.71. The van der Waals surface area contributed by atoms with E-state index in [-0.39, 0.29) is 17.2 Å². The predicted octanol–water partition coefficient (Wildman–Crippen LogP) is 3.50. The highest BCUT2D eigenvalue weighted by molar-refractivity contribution is 6.51. The Hall–Kier alpha value is -4.53. The summed E-state index contributed by atoms with van der Waals surface area (Å²) in [5.74, 6) is 0.188. The molecule has 1 amide bonds. The lowest BCUT2D eigenvalue weighted by Crippen LogP contribution is -2.30. The summed E-state index contributed by atoms with van der Waals surface area (Å²) in [6, 6.07) is 14.0. The third kappa shape index (κ3) is 3.80. The Labute approximate surface area is 201 Å². The molecule has 0 bridgehead atoms. The lowest BCUT2D eigenvalue weighted by molar-refractivity contribution is -0.132. The number of carbonyl (C=O) groups is 2. The van der Waals surface area contributed by atoms with E-state index < -0.39 is 17.7 Å². The number of ketones is 1. The quantitative estimate of drug-likeness (QED) is 0.340. The fourth-order valence-corrected chi connectivity index (χ4v) is 4.25. The molecule has 0 saturated carbocycles. The molecule has 3 heterocycles. The fraction of sp³-hybridized carbons (Fsp3) is 0.192. The molecule has 2 aromatic carbocycles. The molecule has 0 spiro atoms. The molecule has 9 nitrogen and oxygen atoms in total. The van der Waals surface area contributed by atoms with E-state index in [4.69, 9.17) is 18.9 Å². The smallest absolute Gasteiger partial charge is 0.301 e. The largest absolute Gasteiger partial charge is 0.507 e. The summed E-state index contributed by atoms with van der Waals surface area (Å²) >= 11 is 0. The molecule has 2 aliphatic rings. The number of amides is 1. The van der Waals surface area contributed by atoms with Crippen LogP contribution in [0.2, 0.25) is 0 Å². The molecular weight excluding hydrogens is 452 g/mol. The molecule has 2 aliphatic heterocycles. The molecule has 0 aliphatic carbocycles. The van der Waals surface area contributed by atoms with Gasteiger partial charge in [-0.15, -0.1) is 0 Å². The van der Waals surface area contributed by atoms with Gasteiger partial charge in [-0.05, 0) is 48.0 Å². The first kappa shape index (κ1) is 22.3. The number of aliphatic hydroxyl groups is 1. The Morgan fingerprint density at radius 3 is 2.46 bits per heavy atom. The van der Waals surface area contributed by atoms with E-state index in [1.54, 1.807) is 54.6 Å². The SMILES string of the molecule is COc1ccc(C2/C(=C(\O)c3ccc4c(c3)OCCO4)C(=O)C(=O)N2c2ccccn2)cc1OC. The number of rotatable bonds is 5. The predicted molar refractivity (Wildman–Crippen MR) is 126 cm³/mol. The van der Waals surface area contributed by atoms with Gasteiger partial charge in [0.1, 0.15) is 24.8 Å². The molecule has 3 aromatic rings. The number of pyridine rings is 1. The van der Waals surface area contributed by atoms with Crippen LogP contribution in [-0.4, -0.2) is 49.2 Å². The van der Waals surface area contributed by atoms with Crippen LogP contribution in [0.4, 0.5) is 5.82 Å². The van der Waals surface area contributed by atoms with Crippen molar-refractivity contribution in [3.63, 3.8) is 0 Å². The van der Waals surface area contributed by atoms with E-state index in [0.29, 0.717) is 47.3 Å². The van der Waals surface area contributed by atoms with Gasteiger partial charge in [-0.3, -0.25) is 14.5 Å². The van der Waals surface area contributed by atoms with Gasteiger partial charge >= 0.3 is 5.91 Å². The third-order valence-corrected chi connectivity index (χ3v) is 5.88. The van der Waals surface area contributed by atoms with Crippen molar-refractivity contribution in [2.45, 2.75) is 6.04 Å². The summed E-state index contributed by atoms with van der Waals surface area (Å²) in [4.78, 5) is 32.1. The number of carbonyl (C=O) groups excluding carboxylic acids is 2. The fourth-order valence-electron chi connectivity index (χ4n) is 4.25. The minimum absolute atomic E-state index is 0.0791. The first-order chi connectivity index (χ1) is 17.0. The van der Waals surface area contributed by atoms with Crippen LogP contribution in [0, 0.1) is 0 Å². The van der Waals surface area contributed by atoms with Crippen molar-refractivity contribution in [2.75, 3.05) is 32.3 Å². The Bertz CT molecular complexity index is 1340. The molecule has 1 atom stereocenters. The summed E-state index contributed by atoms with van der Waals surface area (Å²) in [5.41, 5.74) is 0.773. The summed E-state index contributed by atoms with van der Waals surface area (Å²) in [6.45, 7) is 0.791. The molecule has 178 valence electrons. The van der Waals surface area contributed by atoms with E-state index in [1.807, 2.05) is 0 Å². The number of ether oxygens (including phenoxy) is 4. The number of aromatic nitrogens is 1. The number of nitrogens with zero attached hydrogens (tertiary/aromatic N) is 2. The molecule has 1 unspecified atom stereocenters. The lowest BCUT2D eigenvalue weighted by atomic mass is 9.94. The van der Waals surface area contributed by atoms with Crippen LogP contribution in [0.5, 0.6) is 23.0 Å². The van der Waals surface area contributed by atoms with Gasteiger partial charge in [0.05, 0.1) is 25.8 Å². The number of hydrogen-bond donors (Lipinski definition) is 1. The molecular formula is C26H22N2O7. The third-order valence-electron chi connectivity index (χ3n) is 5.88. The van der Waals surface area contributed by atoms with E-state index in [9.17, 15) is 14.7 Å². The maximum atomic E-state index is 13.3. The first-order valence-corrected chi connectivity index (χ1v) is 10.9. The summed E-state index contributed by atoms with van der Waals surface area (Å²) < 4.78 is 21.9. The van der Waals surface area contributed by atoms with Crippen molar-refractivity contribution in [3.8, 4) is 23.0 Å². The second kappa shape index (κ2) is 9.02. The van der Waals surface area contributed by atoms with Gasteiger partial charge in [0, 0.05) is 11.8 Å². The van der Waals surface area contributed by atoms with Crippen molar-refractivity contribution in [1.29, 1.82) is 0 Å². The molecule has 1 N–H and O–H groups in total. The highest BCUT2D eigenvalue weighted by Gasteiger charge is 2.47. The minimum atomic E-state index is -0.960. The van der Waals surface area contributed by atoms with Crippen molar-refractivity contribution in [3.05, 3.63) is 77.5 Å². The number of anilines is 1. The lowest BCUT2D eigenvalue weighted by Gasteiger charge is -2.25. The van der Waals surface area contributed by atoms with Crippen LogP contribution in [-0.2, 0) is 9.59 Å². The molecule has 35 heavy (non-hydrogen) atoms. The standard InChI is InChI=1S/C26H22N2O7/c1-32-17-8-6-15(13-19(17)33-2)23-22(25(30)26(31)28(23)21-5-3-4-10-27-21)24(29)16-7-9-18-20(14-16)35-12-11-34-18/h3-10,13-14,23,29H,11-12H2,1-2H3/b24-22+. The highest BCUT2D eigenvalue weighted by Crippen LogP contribution is 2.44. The summed E-state index contributed by atoms with van der Waals surface area (Å²) in [7, 11) is 3.01. The van der Waals surface area contributed by atoms with Gasteiger partial charge in [0.25, 0.3) is 5.78 Å². The van der Waals surface area contributed by atoms with Gasteiger partial charge in [-0.2, -0.15) is 0 Å². The zero-order valence-electron chi connectivity index (χ0n) is 19.1. The van der Waals surface area contributed by atoms with Crippen molar-refractivity contribution in [1.82, 2.24) is 4.98 Å². The van der Waals surface area contributed by atoms with Crippen LogP contribution >= 0.6 is 0 Å². The van der Waals surface area contributed by atoms with Crippen molar-refractivity contribution < 1.29 is 33.6 Å². The average molecular weight is 474 g/mol. The Kier molecular flexibility index (Phi) is 5.74. The van der Waals surface area contributed by atoms with E-state index in [0.717, 1.165) is 0 Å². The number of Topliss-reactive ketones (excluding diaryl/α,β-unsaturated/α-hetero) is 1. The number of benzene rings is 2. The number of methoxy groups -OCH3 is 2. The zero-order chi connectivity index (χ0) is 24.5. The van der Waals surface area contributed by atoms with E-state index in [1.165, 1.54) is 25.3 Å². The topological polar surface area (TPSA) is 107 Å². The van der Waals surface area contributed by atoms with E-state index >= 15 is 0 Å². The van der Waals surface area contributed by atoms with Crippen LogP contribution in [0.3, 0.4) is 0 Å². The second-order valence-electron chi connectivity index (χ2n) is 7.83. The molecule has 1 fully saturated rings. The van der Waals surface area contributed by atoms with Gasteiger partial charge in [-0.1, -0.05) is 12.1 Å². The molecule has 1 saturated heterocycles. The summed E-state index contributed by atoms with van der Waals surface area (Å²) in [5, 5.41) is 11.3. The Morgan fingerprint density at radius 2 is 1.74 bits per heavy atom. The number of aliphatic hydroxyl groups excluding tert-OH is 1. The van der Waals surface area contributed by atoms with Gasteiger partial charge in [0.15, 0.2) is 23.0 Å². The van der Waals surface area contributed by atoms with Crippen LogP contribution in [0.15, 0.2) is 66.4 Å². The minimum Gasteiger partial charge on any atom is -0.507 e. The van der Waals surface area contributed by atoms with Crippen molar-refractivity contribution >= 4 is 23.3 Å². The van der Waals surface area contributed by atoms with Crippen LogP contribution in [0.1, 0.15) is 17.2 Å². The maximum Gasteiger partial charge on any atom is 0.301 e. The Morgan fingerprint density at radius 1 is 0.971 bits per heavy atom. The number of hydrogen-bond acceptors (Lipinski definition) is 8. The number of fused-ring (bicyclic) bond motifs is 1. The highest BCUT2D eigenvalue weighted by atomic mass is 16.6. The van der Waals surface area contributed by atoms with E-state index in [2.05, 4.69) is 4.98 Å². The average Bonchev–Trinajstić information content (AvgIpc) is 3.18. The van der Waals surface area contributed by atoms with Gasteiger partial charge in [0.2, 0.25) is 0 Å². The van der Waals surface area contributed by atoms with Crippen LogP contribution < -0.4 is 23.8 Å². The van der Waals surface area contributed by atoms with Crippen molar-refractivity contribution in [2.24, 2.45) is 0 Å². The zero-order valence-corrected chi connectivity index (χ0v) is 19.1. The maximum absolute atomic E-state index is 13.3. The van der Waals surface area contributed by atoms with Crippen LogP contribution in [0.25, 0.3) is 5.76 Å². The first-order valence-electron chi connectivity index (χ1n) is 10.9. The monoisotopic (exact) mass is 474 g/mol. The normalized spacial score (nSPS) is 18.5. The van der Waals surface area contributed by atoms with Gasteiger partial charge < -0.3 is 24.1 Å². The summed E-state index contributed by atoms with van der Waals surface area (Å²) in [6.07, 6.45) is 1.53. The molecule has 9 heteroatoms. The molecule has 5 rings (SSSR count).